The molecular weight excluding hydrogens is 200 g/mol. The van der Waals surface area contributed by atoms with Gasteiger partial charge in [-0.05, 0) is 50.7 Å². The summed E-state index contributed by atoms with van der Waals surface area (Å²) in [6.07, 6.45) is 2.44. The minimum atomic E-state index is 0.358. The minimum absolute atomic E-state index is 0.358. The van der Waals surface area contributed by atoms with Gasteiger partial charge in [-0.25, -0.2) is 0 Å². The van der Waals surface area contributed by atoms with Crippen LogP contribution < -0.4 is 5.32 Å². The fourth-order valence-electron chi connectivity index (χ4n) is 2.32. The van der Waals surface area contributed by atoms with E-state index in [9.17, 15) is 5.11 Å². The van der Waals surface area contributed by atoms with Gasteiger partial charge >= 0.3 is 0 Å². The number of benzene rings is 1. The second-order valence-electron chi connectivity index (χ2n) is 4.57. The van der Waals surface area contributed by atoms with Crippen LogP contribution >= 0.6 is 0 Å². The van der Waals surface area contributed by atoms with Crippen LogP contribution in [0.15, 0.2) is 24.3 Å². The van der Waals surface area contributed by atoms with Gasteiger partial charge in [0.05, 0.1) is 0 Å². The van der Waals surface area contributed by atoms with Crippen molar-refractivity contribution in [3.63, 3.8) is 0 Å². The first-order valence-electron chi connectivity index (χ1n) is 5.94. The first-order chi connectivity index (χ1) is 7.75. The molecule has 1 fully saturated rings. The van der Waals surface area contributed by atoms with E-state index in [1.54, 1.807) is 6.07 Å². The summed E-state index contributed by atoms with van der Waals surface area (Å²) in [5.41, 5.74) is 1.18. The van der Waals surface area contributed by atoms with Crippen molar-refractivity contribution >= 4 is 0 Å². The lowest BCUT2D eigenvalue weighted by Crippen LogP contribution is -2.40. The molecule has 3 nitrogen and oxygen atoms in total. The molecular formula is C13H20N2O. The van der Waals surface area contributed by atoms with Crippen LogP contribution in [0.1, 0.15) is 18.4 Å². The number of nitrogens with zero attached hydrogens (tertiary/aromatic N) is 1. The average Bonchev–Trinajstić information content (AvgIpc) is 2.30. The Morgan fingerprint density at radius 2 is 2.12 bits per heavy atom. The highest BCUT2D eigenvalue weighted by molar-refractivity contribution is 5.27. The minimum Gasteiger partial charge on any atom is -0.508 e. The molecule has 0 atom stereocenters. The predicted molar refractivity (Wildman–Crippen MR) is 65.5 cm³/mol. The highest BCUT2D eigenvalue weighted by Crippen LogP contribution is 2.16. The summed E-state index contributed by atoms with van der Waals surface area (Å²) < 4.78 is 0. The van der Waals surface area contributed by atoms with Gasteiger partial charge in [0, 0.05) is 12.6 Å². The van der Waals surface area contributed by atoms with Crippen LogP contribution in [0.5, 0.6) is 5.75 Å². The maximum atomic E-state index is 9.41. The molecule has 0 radical (unpaired) electrons. The molecule has 0 aliphatic carbocycles. The van der Waals surface area contributed by atoms with Crippen LogP contribution in [0.2, 0.25) is 0 Å². The monoisotopic (exact) mass is 220 g/mol. The van der Waals surface area contributed by atoms with Crippen LogP contribution in [0.3, 0.4) is 0 Å². The Bertz CT molecular complexity index is 334. The molecule has 1 aliphatic rings. The van der Waals surface area contributed by atoms with Crippen LogP contribution in [-0.4, -0.2) is 36.2 Å². The summed E-state index contributed by atoms with van der Waals surface area (Å²) in [6.45, 7) is 3.16. The van der Waals surface area contributed by atoms with Crippen molar-refractivity contribution < 1.29 is 5.11 Å². The molecule has 16 heavy (non-hydrogen) atoms. The molecule has 2 N–H and O–H groups in total. The average molecular weight is 220 g/mol. The van der Waals surface area contributed by atoms with E-state index >= 15 is 0 Å². The number of phenolic OH excluding ortho intramolecular Hbond substituents is 1. The molecule has 0 unspecified atom stereocenters. The van der Waals surface area contributed by atoms with Gasteiger partial charge in [-0.2, -0.15) is 0 Å². The van der Waals surface area contributed by atoms with Gasteiger partial charge < -0.3 is 10.4 Å². The molecule has 2 rings (SSSR count). The van der Waals surface area contributed by atoms with Crippen molar-refractivity contribution in [1.82, 2.24) is 10.2 Å². The standard InChI is InChI=1S/C13H20N2O/c1-15(12-5-7-14-8-6-12)10-11-3-2-4-13(16)9-11/h2-4,9,12,14,16H,5-8,10H2,1H3. The molecule has 0 bridgehead atoms. The Balaban J connectivity index is 1.93. The van der Waals surface area contributed by atoms with Gasteiger partial charge in [0.25, 0.3) is 0 Å². The van der Waals surface area contributed by atoms with Gasteiger partial charge in [-0.3, -0.25) is 4.90 Å². The number of piperidine rings is 1. The normalized spacial score (nSPS) is 17.9. The predicted octanol–water partition coefficient (Wildman–Crippen LogP) is 1.58. The third kappa shape index (κ3) is 2.97. The molecule has 1 saturated heterocycles. The van der Waals surface area contributed by atoms with Gasteiger partial charge in [-0.1, -0.05) is 12.1 Å². The van der Waals surface area contributed by atoms with Gasteiger partial charge in [0.15, 0.2) is 0 Å². The van der Waals surface area contributed by atoms with Gasteiger partial charge in [0.2, 0.25) is 0 Å². The fourth-order valence-corrected chi connectivity index (χ4v) is 2.32. The van der Waals surface area contributed by atoms with Crippen LogP contribution in [0, 0.1) is 0 Å². The molecule has 0 saturated carbocycles. The SMILES string of the molecule is CN(Cc1cccc(O)c1)C1CCNCC1. The van der Waals surface area contributed by atoms with Crippen molar-refractivity contribution in [2.45, 2.75) is 25.4 Å². The third-order valence-electron chi connectivity index (χ3n) is 3.27. The molecule has 1 heterocycles. The first kappa shape index (κ1) is 11.4. The van der Waals surface area contributed by atoms with Gasteiger partial charge in [-0.15, -0.1) is 0 Å². The number of nitrogens with one attached hydrogen (secondary N) is 1. The Kier molecular flexibility index (Phi) is 3.80. The second-order valence-corrected chi connectivity index (χ2v) is 4.57. The van der Waals surface area contributed by atoms with E-state index in [1.807, 2.05) is 12.1 Å². The quantitative estimate of drug-likeness (QED) is 0.811. The lowest BCUT2D eigenvalue weighted by atomic mass is 10.0. The number of aromatic hydroxyl groups is 1. The summed E-state index contributed by atoms with van der Waals surface area (Å²) in [6, 6.07) is 8.20. The van der Waals surface area contributed by atoms with E-state index in [0.717, 1.165) is 19.6 Å². The van der Waals surface area contributed by atoms with E-state index in [2.05, 4.69) is 23.3 Å². The van der Waals surface area contributed by atoms with Gasteiger partial charge in [0.1, 0.15) is 5.75 Å². The molecule has 1 aliphatic heterocycles. The highest BCUT2D eigenvalue weighted by Gasteiger charge is 2.17. The summed E-state index contributed by atoms with van der Waals surface area (Å²) in [4.78, 5) is 2.38. The summed E-state index contributed by atoms with van der Waals surface area (Å²) in [5.74, 6) is 0.358. The van der Waals surface area contributed by atoms with Crippen molar-refractivity contribution in [1.29, 1.82) is 0 Å². The molecule has 88 valence electrons. The zero-order valence-electron chi connectivity index (χ0n) is 9.82. The fraction of sp³-hybridized carbons (Fsp3) is 0.538. The van der Waals surface area contributed by atoms with Crippen LogP contribution in [0.4, 0.5) is 0 Å². The van der Waals surface area contributed by atoms with E-state index in [0.29, 0.717) is 11.8 Å². The molecule has 1 aromatic rings. The number of phenols is 1. The zero-order chi connectivity index (χ0) is 11.4. The highest BCUT2D eigenvalue weighted by atomic mass is 16.3. The molecule has 0 spiro atoms. The smallest absolute Gasteiger partial charge is 0.115 e. The van der Waals surface area contributed by atoms with E-state index in [-0.39, 0.29) is 0 Å². The third-order valence-corrected chi connectivity index (χ3v) is 3.27. The maximum Gasteiger partial charge on any atom is 0.115 e. The van der Waals surface area contributed by atoms with Crippen molar-refractivity contribution in [3.8, 4) is 5.75 Å². The maximum absolute atomic E-state index is 9.41. The Morgan fingerprint density at radius 3 is 2.81 bits per heavy atom. The van der Waals surface area contributed by atoms with Crippen molar-refractivity contribution in [3.05, 3.63) is 29.8 Å². The van der Waals surface area contributed by atoms with E-state index < -0.39 is 0 Å². The van der Waals surface area contributed by atoms with E-state index in [1.165, 1.54) is 18.4 Å². The molecule has 0 amide bonds. The molecule has 3 heteroatoms. The lowest BCUT2D eigenvalue weighted by molar-refractivity contribution is 0.191. The summed E-state index contributed by atoms with van der Waals surface area (Å²) in [5, 5.41) is 12.8. The lowest BCUT2D eigenvalue weighted by Gasteiger charge is -2.31. The van der Waals surface area contributed by atoms with Crippen LogP contribution in [-0.2, 0) is 6.54 Å². The second kappa shape index (κ2) is 5.32. The molecule has 1 aromatic carbocycles. The number of rotatable bonds is 3. The van der Waals surface area contributed by atoms with Crippen molar-refractivity contribution in [2.75, 3.05) is 20.1 Å². The van der Waals surface area contributed by atoms with E-state index in [4.69, 9.17) is 0 Å². The summed E-state index contributed by atoms with van der Waals surface area (Å²) in [7, 11) is 2.17. The number of hydrogen-bond donors (Lipinski definition) is 2. The largest absolute Gasteiger partial charge is 0.508 e. The number of hydrogen-bond acceptors (Lipinski definition) is 3. The van der Waals surface area contributed by atoms with Crippen molar-refractivity contribution in [2.24, 2.45) is 0 Å². The molecule has 0 aromatic heterocycles. The Labute approximate surface area is 97.1 Å². The Morgan fingerprint density at radius 1 is 1.38 bits per heavy atom. The first-order valence-corrected chi connectivity index (χ1v) is 5.94. The zero-order valence-corrected chi connectivity index (χ0v) is 9.82. The summed E-state index contributed by atoms with van der Waals surface area (Å²) >= 11 is 0. The Hall–Kier alpha value is -1.06. The topological polar surface area (TPSA) is 35.5 Å². The van der Waals surface area contributed by atoms with Crippen LogP contribution in [0.25, 0.3) is 0 Å².